The van der Waals surface area contributed by atoms with Gasteiger partial charge >= 0.3 is 0 Å². The molecule has 0 saturated carbocycles. The minimum Gasteiger partial charge on any atom is -0.490 e. The molecule has 1 saturated heterocycles. The summed E-state index contributed by atoms with van der Waals surface area (Å²) in [5.74, 6) is -0.116. The molecule has 2 aromatic rings. The average Bonchev–Trinajstić information content (AvgIpc) is 3.10. The third kappa shape index (κ3) is 3.73. The van der Waals surface area contributed by atoms with Gasteiger partial charge in [-0.15, -0.1) is 11.3 Å². The summed E-state index contributed by atoms with van der Waals surface area (Å²) in [7, 11) is -3.42. The van der Waals surface area contributed by atoms with Crippen LogP contribution in [0.2, 0.25) is 0 Å². The van der Waals surface area contributed by atoms with E-state index in [-0.39, 0.29) is 11.7 Å². The number of thiophene rings is 1. The lowest BCUT2D eigenvalue weighted by atomic mass is 10.0. The lowest BCUT2D eigenvalue weighted by Gasteiger charge is -2.31. The number of halogens is 1. The Bertz CT molecular complexity index is 746. The molecule has 3 rings (SSSR count). The first-order chi connectivity index (χ1) is 11.1. The van der Waals surface area contributed by atoms with Crippen LogP contribution in [0.1, 0.15) is 12.8 Å². The summed E-state index contributed by atoms with van der Waals surface area (Å²) in [6, 6.07) is 9.62. The summed E-state index contributed by atoms with van der Waals surface area (Å²) in [5, 5.41) is 1.76. The molecule has 0 bridgehead atoms. The van der Waals surface area contributed by atoms with E-state index in [2.05, 4.69) is 0 Å². The van der Waals surface area contributed by atoms with E-state index in [1.165, 1.54) is 21.7 Å². The lowest BCUT2D eigenvalue weighted by Crippen LogP contribution is -2.41. The minimum absolute atomic E-state index is 0.0677. The third-order valence-electron chi connectivity index (χ3n) is 3.88. The molecule has 23 heavy (non-hydrogen) atoms. The molecule has 0 aliphatic carbocycles. The predicted octanol–water partition coefficient (Wildman–Crippen LogP) is 3.37. The van der Waals surface area contributed by atoms with Crippen molar-refractivity contribution in [2.24, 2.45) is 5.92 Å². The first kappa shape index (κ1) is 16.4. The monoisotopic (exact) mass is 355 g/mol. The Morgan fingerprint density at radius 2 is 2.09 bits per heavy atom. The summed E-state index contributed by atoms with van der Waals surface area (Å²) in [6.07, 6.45) is 1.67. The molecule has 0 amide bonds. The van der Waals surface area contributed by atoms with Crippen LogP contribution in [0.15, 0.2) is 46.0 Å². The normalized spacial score (nSPS) is 19.6. The minimum atomic E-state index is -3.42. The molecule has 1 aromatic carbocycles. The highest BCUT2D eigenvalue weighted by Gasteiger charge is 2.31. The van der Waals surface area contributed by atoms with Crippen molar-refractivity contribution in [2.45, 2.75) is 17.1 Å². The van der Waals surface area contributed by atoms with Gasteiger partial charge in [-0.05, 0) is 36.4 Å². The second kappa shape index (κ2) is 6.98. The molecular weight excluding hydrogens is 337 g/mol. The maximum Gasteiger partial charge on any atom is 0.252 e. The zero-order valence-corrected chi connectivity index (χ0v) is 14.2. The summed E-state index contributed by atoms with van der Waals surface area (Å²) in [6.45, 7) is 1.25. The second-order valence-electron chi connectivity index (χ2n) is 5.54. The Morgan fingerprint density at radius 3 is 2.83 bits per heavy atom. The molecular formula is C16H18FNO3S2. The maximum absolute atomic E-state index is 13.6. The number of rotatable bonds is 5. The molecule has 1 atom stereocenters. The van der Waals surface area contributed by atoms with Crippen LogP contribution in [0.4, 0.5) is 4.39 Å². The molecule has 1 aromatic heterocycles. The van der Waals surface area contributed by atoms with Crippen molar-refractivity contribution < 1.29 is 17.5 Å². The molecule has 2 heterocycles. The van der Waals surface area contributed by atoms with Crippen LogP contribution in [0, 0.1) is 11.7 Å². The van der Waals surface area contributed by atoms with Crippen molar-refractivity contribution in [3.8, 4) is 5.75 Å². The lowest BCUT2D eigenvalue weighted by molar-refractivity contribution is 0.176. The van der Waals surface area contributed by atoms with E-state index in [0.717, 1.165) is 12.8 Å². The Labute approximate surface area is 139 Å². The highest BCUT2D eigenvalue weighted by atomic mass is 32.2. The summed E-state index contributed by atoms with van der Waals surface area (Å²) >= 11 is 1.23. The fraction of sp³-hybridized carbons (Fsp3) is 0.375. The van der Waals surface area contributed by atoms with Crippen LogP contribution in [-0.4, -0.2) is 32.4 Å². The van der Waals surface area contributed by atoms with Gasteiger partial charge in [-0.3, -0.25) is 0 Å². The SMILES string of the molecule is O=S(=O)(c1cccs1)N1CCCC(COc2ccccc2F)C1. The summed E-state index contributed by atoms with van der Waals surface area (Å²) in [4.78, 5) is 0. The van der Waals surface area contributed by atoms with Gasteiger partial charge in [0.25, 0.3) is 10.0 Å². The average molecular weight is 355 g/mol. The highest BCUT2D eigenvalue weighted by molar-refractivity contribution is 7.91. The van der Waals surface area contributed by atoms with E-state index < -0.39 is 15.8 Å². The first-order valence-electron chi connectivity index (χ1n) is 7.48. The van der Waals surface area contributed by atoms with Gasteiger partial charge in [0.2, 0.25) is 0 Å². The van der Waals surface area contributed by atoms with Gasteiger partial charge in [0, 0.05) is 19.0 Å². The van der Waals surface area contributed by atoms with Crippen molar-refractivity contribution >= 4 is 21.4 Å². The van der Waals surface area contributed by atoms with Gasteiger partial charge in [-0.1, -0.05) is 18.2 Å². The quantitative estimate of drug-likeness (QED) is 0.826. The molecule has 4 nitrogen and oxygen atoms in total. The van der Waals surface area contributed by atoms with E-state index in [4.69, 9.17) is 4.74 Å². The molecule has 1 fully saturated rings. The van der Waals surface area contributed by atoms with Crippen molar-refractivity contribution in [3.63, 3.8) is 0 Å². The first-order valence-corrected chi connectivity index (χ1v) is 9.80. The Balaban J connectivity index is 1.64. The maximum atomic E-state index is 13.6. The number of hydrogen-bond acceptors (Lipinski definition) is 4. The Morgan fingerprint density at radius 1 is 1.26 bits per heavy atom. The van der Waals surface area contributed by atoms with Crippen molar-refractivity contribution in [1.82, 2.24) is 4.31 Å². The van der Waals surface area contributed by atoms with E-state index in [1.807, 2.05) is 0 Å². The number of sulfonamides is 1. The largest absolute Gasteiger partial charge is 0.490 e. The van der Waals surface area contributed by atoms with Gasteiger partial charge in [0.15, 0.2) is 11.6 Å². The van der Waals surface area contributed by atoms with Crippen molar-refractivity contribution in [1.29, 1.82) is 0 Å². The molecule has 0 N–H and O–H groups in total. The van der Waals surface area contributed by atoms with Crippen LogP contribution < -0.4 is 4.74 Å². The molecule has 0 radical (unpaired) electrons. The second-order valence-corrected chi connectivity index (χ2v) is 8.66. The summed E-state index contributed by atoms with van der Waals surface area (Å²) in [5.41, 5.74) is 0. The van der Waals surface area contributed by atoms with Gasteiger partial charge in [-0.25, -0.2) is 12.8 Å². The van der Waals surface area contributed by atoms with Crippen molar-refractivity contribution in [3.05, 3.63) is 47.6 Å². The smallest absolute Gasteiger partial charge is 0.252 e. The van der Waals surface area contributed by atoms with E-state index in [9.17, 15) is 12.8 Å². The molecule has 124 valence electrons. The van der Waals surface area contributed by atoms with Crippen LogP contribution in [0.5, 0.6) is 5.75 Å². The Kier molecular flexibility index (Phi) is 4.99. The number of nitrogens with zero attached hydrogens (tertiary/aromatic N) is 1. The number of para-hydroxylation sites is 1. The molecule has 7 heteroatoms. The third-order valence-corrected chi connectivity index (χ3v) is 7.12. The van der Waals surface area contributed by atoms with Crippen molar-refractivity contribution in [2.75, 3.05) is 19.7 Å². The topological polar surface area (TPSA) is 46.6 Å². The molecule has 1 aliphatic heterocycles. The van der Waals surface area contributed by atoms with Gasteiger partial charge in [-0.2, -0.15) is 4.31 Å². The van der Waals surface area contributed by atoms with Crippen LogP contribution in [-0.2, 0) is 10.0 Å². The van der Waals surface area contributed by atoms with Gasteiger partial charge in [0.05, 0.1) is 6.61 Å². The molecule has 0 spiro atoms. The number of ether oxygens (including phenoxy) is 1. The Hall–Kier alpha value is -1.44. The zero-order chi connectivity index (χ0) is 16.3. The predicted molar refractivity (Wildman–Crippen MR) is 87.7 cm³/mol. The van der Waals surface area contributed by atoms with Crippen LogP contribution >= 0.6 is 11.3 Å². The van der Waals surface area contributed by atoms with E-state index in [0.29, 0.717) is 23.9 Å². The number of hydrogen-bond donors (Lipinski definition) is 0. The number of piperidine rings is 1. The van der Waals surface area contributed by atoms with Crippen LogP contribution in [0.3, 0.4) is 0 Å². The zero-order valence-electron chi connectivity index (χ0n) is 12.5. The molecule has 1 aliphatic rings. The van der Waals surface area contributed by atoms with Gasteiger partial charge in [0.1, 0.15) is 4.21 Å². The summed E-state index contributed by atoms with van der Waals surface area (Å²) < 4.78 is 46.1. The molecule has 1 unspecified atom stereocenters. The van der Waals surface area contributed by atoms with Gasteiger partial charge < -0.3 is 4.74 Å². The van der Waals surface area contributed by atoms with E-state index >= 15 is 0 Å². The van der Waals surface area contributed by atoms with Crippen LogP contribution in [0.25, 0.3) is 0 Å². The van der Waals surface area contributed by atoms with E-state index in [1.54, 1.807) is 35.7 Å². The number of benzene rings is 1. The fourth-order valence-electron chi connectivity index (χ4n) is 2.69. The highest BCUT2D eigenvalue weighted by Crippen LogP contribution is 2.27. The fourth-order valence-corrected chi connectivity index (χ4v) is 5.39. The standard InChI is InChI=1S/C16H18FNO3S2/c17-14-6-1-2-7-15(14)21-12-13-5-3-9-18(11-13)23(19,20)16-8-4-10-22-16/h1-2,4,6-8,10,13H,3,5,9,11-12H2.